The van der Waals surface area contributed by atoms with Crippen molar-refractivity contribution in [1.29, 1.82) is 0 Å². The Morgan fingerprint density at radius 2 is 2.00 bits per heavy atom. The summed E-state index contributed by atoms with van der Waals surface area (Å²) < 4.78 is 10.3. The molecule has 0 bridgehead atoms. The Morgan fingerprint density at radius 1 is 1.32 bits per heavy atom. The largest absolute Gasteiger partial charge is 0.483 e. The number of hydrogen-bond donors (Lipinski definition) is 0. The third-order valence-electron chi connectivity index (χ3n) is 3.87. The second kappa shape index (κ2) is 7.49. The highest BCUT2D eigenvalue weighted by atomic mass is 35.5. The number of rotatable bonds is 4. The van der Waals surface area contributed by atoms with Crippen molar-refractivity contribution in [3.63, 3.8) is 0 Å². The van der Waals surface area contributed by atoms with Gasteiger partial charge >= 0.3 is 5.97 Å². The lowest BCUT2D eigenvalue weighted by molar-refractivity contribution is -0.149. The summed E-state index contributed by atoms with van der Waals surface area (Å²) in [5.41, 5.74) is 0.893. The lowest BCUT2D eigenvalue weighted by Crippen LogP contribution is -2.42. The van der Waals surface area contributed by atoms with E-state index in [4.69, 9.17) is 21.1 Å². The van der Waals surface area contributed by atoms with Crippen molar-refractivity contribution < 1.29 is 19.1 Å². The average Bonchev–Trinajstić information content (AvgIpc) is 2.53. The Kier molecular flexibility index (Phi) is 5.66. The van der Waals surface area contributed by atoms with Gasteiger partial charge in [0.1, 0.15) is 5.75 Å². The van der Waals surface area contributed by atoms with Crippen molar-refractivity contribution in [2.75, 3.05) is 26.8 Å². The standard InChI is InChI=1S/C16H20ClNO4/c1-11-9-13(17)3-4-14(11)22-10-15(19)18-7-5-12(6-8-18)16(20)21-2/h3-4,9,12H,5-8,10H2,1-2H3. The zero-order valence-electron chi connectivity index (χ0n) is 12.8. The number of ether oxygens (including phenoxy) is 2. The van der Waals surface area contributed by atoms with Gasteiger partial charge in [-0.3, -0.25) is 9.59 Å². The molecule has 1 saturated heterocycles. The van der Waals surface area contributed by atoms with Crippen LogP contribution in [0.15, 0.2) is 18.2 Å². The number of nitrogens with zero attached hydrogens (tertiary/aromatic N) is 1. The quantitative estimate of drug-likeness (QED) is 0.798. The molecule has 6 heteroatoms. The van der Waals surface area contributed by atoms with Gasteiger partial charge in [0.05, 0.1) is 13.0 Å². The van der Waals surface area contributed by atoms with Gasteiger partial charge in [0.25, 0.3) is 5.91 Å². The maximum Gasteiger partial charge on any atom is 0.308 e. The molecule has 1 amide bonds. The molecule has 0 atom stereocenters. The molecule has 0 aromatic heterocycles. The molecule has 1 aromatic rings. The van der Waals surface area contributed by atoms with Gasteiger partial charge in [-0.2, -0.15) is 0 Å². The van der Waals surface area contributed by atoms with Crippen molar-refractivity contribution in [1.82, 2.24) is 4.90 Å². The molecule has 0 radical (unpaired) electrons. The van der Waals surface area contributed by atoms with Crippen LogP contribution >= 0.6 is 11.6 Å². The van der Waals surface area contributed by atoms with E-state index >= 15 is 0 Å². The fraction of sp³-hybridized carbons (Fsp3) is 0.500. The van der Waals surface area contributed by atoms with Gasteiger partial charge in [0.15, 0.2) is 6.61 Å². The summed E-state index contributed by atoms with van der Waals surface area (Å²) in [6, 6.07) is 5.29. The number of likely N-dealkylation sites (tertiary alicyclic amines) is 1. The number of esters is 1. The van der Waals surface area contributed by atoms with Gasteiger partial charge in [-0.15, -0.1) is 0 Å². The highest BCUT2D eigenvalue weighted by molar-refractivity contribution is 6.30. The van der Waals surface area contributed by atoms with E-state index in [0.717, 1.165) is 5.56 Å². The SMILES string of the molecule is COC(=O)C1CCN(C(=O)COc2ccc(Cl)cc2C)CC1. The second-order valence-electron chi connectivity index (χ2n) is 5.38. The van der Waals surface area contributed by atoms with E-state index in [-0.39, 0.29) is 24.4 Å². The van der Waals surface area contributed by atoms with E-state index in [1.54, 1.807) is 23.1 Å². The van der Waals surface area contributed by atoms with E-state index in [1.165, 1.54) is 7.11 Å². The normalized spacial score (nSPS) is 15.5. The van der Waals surface area contributed by atoms with E-state index in [1.807, 2.05) is 6.92 Å². The predicted molar refractivity (Wildman–Crippen MR) is 83.0 cm³/mol. The minimum atomic E-state index is -0.194. The number of hydrogen-bond acceptors (Lipinski definition) is 4. The van der Waals surface area contributed by atoms with Crippen LogP contribution < -0.4 is 4.74 Å². The molecule has 1 aliphatic heterocycles. The van der Waals surface area contributed by atoms with Crippen LogP contribution in [0.2, 0.25) is 5.02 Å². The highest BCUT2D eigenvalue weighted by Gasteiger charge is 2.27. The van der Waals surface area contributed by atoms with E-state index in [9.17, 15) is 9.59 Å². The summed E-state index contributed by atoms with van der Waals surface area (Å²) in [4.78, 5) is 25.3. The minimum Gasteiger partial charge on any atom is -0.483 e. The van der Waals surface area contributed by atoms with E-state index in [2.05, 4.69) is 0 Å². The Balaban J connectivity index is 1.82. The molecule has 0 aliphatic carbocycles. The monoisotopic (exact) mass is 325 g/mol. The summed E-state index contributed by atoms with van der Waals surface area (Å²) >= 11 is 5.88. The number of halogens is 1. The van der Waals surface area contributed by atoms with Crippen LogP contribution in [0.4, 0.5) is 0 Å². The molecule has 1 fully saturated rings. The smallest absolute Gasteiger partial charge is 0.308 e. The Morgan fingerprint density at radius 3 is 2.59 bits per heavy atom. The number of methoxy groups -OCH3 is 1. The maximum atomic E-state index is 12.2. The van der Waals surface area contributed by atoms with Gasteiger partial charge in [0, 0.05) is 18.1 Å². The fourth-order valence-electron chi connectivity index (χ4n) is 2.54. The number of amides is 1. The summed E-state index contributed by atoms with van der Waals surface area (Å²) in [6.45, 7) is 2.99. The van der Waals surface area contributed by atoms with Crippen molar-refractivity contribution in [2.24, 2.45) is 5.92 Å². The highest BCUT2D eigenvalue weighted by Crippen LogP contribution is 2.22. The van der Waals surface area contributed by atoms with Gasteiger partial charge in [-0.25, -0.2) is 0 Å². The summed E-state index contributed by atoms with van der Waals surface area (Å²) in [5, 5.41) is 0.640. The average molecular weight is 326 g/mol. The molecule has 22 heavy (non-hydrogen) atoms. The summed E-state index contributed by atoms with van der Waals surface area (Å²) in [7, 11) is 1.39. The molecule has 0 saturated carbocycles. The maximum absolute atomic E-state index is 12.2. The summed E-state index contributed by atoms with van der Waals surface area (Å²) in [5.74, 6) is 0.286. The summed E-state index contributed by atoms with van der Waals surface area (Å²) in [6.07, 6.45) is 1.27. The molecule has 1 heterocycles. The number of carbonyl (C=O) groups is 2. The van der Waals surface area contributed by atoms with Crippen LogP contribution in [-0.2, 0) is 14.3 Å². The lowest BCUT2D eigenvalue weighted by Gasteiger charge is -2.30. The molecule has 2 rings (SSSR count). The van der Waals surface area contributed by atoms with Gasteiger partial charge in [-0.05, 0) is 43.5 Å². The first-order valence-corrected chi connectivity index (χ1v) is 7.63. The Hall–Kier alpha value is -1.75. The Bertz CT molecular complexity index is 553. The second-order valence-corrected chi connectivity index (χ2v) is 5.81. The molecule has 1 aromatic carbocycles. The zero-order chi connectivity index (χ0) is 16.1. The first-order chi connectivity index (χ1) is 10.5. The van der Waals surface area contributed by atoms with Crippen molar-refractivity contribution in [2.45, 2.75) is 19.8 Å². The predicted octanol–water partition coefficient (Wildman–Crippen LogP) is 2.44. The van der Waals surface area contributed by atoms with Crippen LogP contribution in [0.5, 0.6) is 5.75 Å². The zero-order valence-corrected chi connectivity index (χ0v) is 13.6. The third-order valence-corrected chi connectivity index (χ3v) is 4.11. The van der Waals surface area contributed by atoms with Gasteiger partial charge in [-0.1, -0.05) is 11.6 Å². The van der Waals surface area contributed by atoms with Crippen LogP contribution in [0.1, 0.15) is 18.4 Å². The molecule has 1 aliphatic rings. The number of piperidine rings is 1. The molecular weight excluding hydrogens is 306 g/mol. The van der Waals surface area contributed by atoms with Gasteiger partial charge in [0.2, 0.25) is 0 Å². The van der Waals surface area contributed by atoms with Crippen LogP contribution in [-0.4, -0.2) is 43.6 Å². The lowest BCUT2D eigenvalue weighted by atomic mass is 9.97. The van der Waals surface area contributed by atoms with Crippen LogP contribution in [0, 0.1) is 12.8 Å². The first-order valence-electron chi connectivity index (χ1n) is 7.26. The van der Waals surface area contributed by atoms with Crippen LogP contribution in [0.25, 0.3) is 0 Å². The van der Waals surface area contributed by atoms with Crippen molar-refractivity contribution in [3.8, 4) is 5.75 Å². The molecule has 5 nitrogen and oxygen atoms in total. The van der Waals surface area contributed by atoms with Crippen molar-refractivity contribution in [3.05, 3.63) is 28.8 Å². The minimum absolute atomic E-state index is 0.00857. The Labute approximate surface area is 135 Å². The fourth-order valence-corrected chi connectivity index (χ4v) is 2.76. The van der Waals surface area contributed by atoms with E-state index in [0.29, 0.717) is 36.7 Å². The first kappa shape index (κ1) is 16.6. The van der Waals surface area contributed by atoms with E-state index < -0.39 is 0 Å². The third kappa shape index (κ3) is 4.13. The molecule has 0 N–H and O–H groups in total. The molecule has 0 unspecified atom stereocenters. The number of aryl methyl sites for hydroxylation is 1. The van der Waals surface area contributed by atoms with Gasteiger partial charge < -0.3 is 14.4 Å². The van der Waals surface area contributed by atoms with Crippen LogP contribution in [0.3, 0.4) is 0 Å². The topological polar surface area (TPSA) is 55.8 Å². The molecule has 0 spiro atoms. The number of carbonyl (C=O) groups excluding carboxylic acids is 2. The molecule has 120 valence electrons. The molecular formula is C16H20ClNO4. The number of benzene rings is 1. The van der Waals surface area contributed by atoms with Crippen molar-refractivity contribution >= 4 is 23.5 Å².